The molecule has 3 amide bonds. The molecule has 19 heteroatoms. The standard InChI is InChI=1S/C38H50N7O11P/c1-37(2,3)53-35(47)43-33(44-36(48)54-38(4,5)6)41-29-19-17-28(18-20-29)27-32(42-34(46)52-26-25-51-24-23-50-22-21-40-45-39)57(49,55-30-13-9-7-10-14-30)56-31-15-11-8-12-16-31/h7-20,32H,21-27H2,1-6H3,(H,42,46)(H2,41,43,44,47,48). The topological polar surface area (TPSA) is 230 Å². The van der Waals surface area contributed by atoms with Gasteiger partial charge in [0.1, 0.15) is 29.3 Å². The van der Waals surface area contributed by atoms with Crippen molar-refractivity contribution in [3.05, 3.63) is 101 Å². The van der Waals surface area contributed by atoms with Gasteiger partial charge in [-0.2, -0.15) is 0 Å². The third-order valence-corrected chi connectivity index (χ3v) is 8.70. The van der Waals surface area contributed by atoms with E-state index in [1.165, 1.54) is 0 Å². The molecule has 1 atom stereocenters. The first kappa shape index (κ1) is 45.6. The lowest BCUT2D eigenvalue weighted by atomic mass is 10.1. The predicted octanol–water partition coefficient (Wildman–Crippen LogP) is 8.01. The fourth-order valence-electron chi connectivity index (χ4n) is 4.43. The van der Waals surface area contributed by atoms with Crippen molar-refractivity contribution < 1.29 is 51.7 Å². The van der Waals surface area contributed by atoms with Crippen LogP contribution in [0.1, 0.15) is 47.1 Å². The maximum atomic E-state index is 14.8. The number of para-hydroxylation sites is 2. The number of azide groups is 1. The number of hydrogen-bond acceptors (Lipinski definition) is 13. The van der Waals surface area contributed by atoms with Gasteiger partial charge in [0.15, 0.2) is 5.78 Å². The summed E-state index contributed by atoms with van der Waals surface area (Å²) in [6.07, 6.45) is -2.70. The van der Waals surface area contributed by atoms with Crippen LogP contribution in [0.2, 0.25) is 0 Å². The minimum absolute atomic E-state index is 0.0476. The highest BCUT2D eigenvalue weighted by atomic mass is 31.2. The zero-order valence-electron chi connectivity index (χ0n) is 32.8. The van der Waals surface area contributed by atoms with Crippen LogP contribution in [0.25, 0.3) is 10.4 Å². The highest BCUT2D eigenvalue weighted by Gasteiger charge is 2.41. The van der Waals surface area contributed by atoms with E-state index >= 15 is 0 Å². The number of carbonyl (C=O) groups is 3. The van der Waals surface area contributed by atoms with Gasteiger partial charge >= 0.3 is 25.9 Å². The van der Waals surface area contributed by atoms with Crippen LogP contribution >= 0.6 is 7.60 Å². The Bertz CT molecular complexity index is 1770. The molecule has 3 rings (SSSR count). The van der Waals surface area contributed by atoms with Crippen LogP contribution in [0.4, 0.5) is 20.1 Å². The fourth-order valence-corrected chi connectivity index (χ4v) is 6.25. The van der Waals surface area contributed by atoms with Gasteiger partial charge in [-0.05, 0) is 89.0 Å². The van der Waals surface area contributed by atoms with Gasteiger partial charge in [-0.25, -0.2) is 23.9 Å². The van der Waals surface area contributed by atoms with Crippen LogP contribution in [-0.2, 0) is 34.7 Å². The average molecular weight is 812 g/mol. The molecule has 0 aliphatic carbocycles. The van der Waals surface area contributed by atoms with Crippen LogP contribution in [0.15, 0.2) is 95.0 Å². The van der Waals surface area contributed by atoms with Gasteiger partial charge < -0.3 is 38.0 Å². The predicted molar refractivity (Wildman–Crippen MR) is 212 cm³/mol. The van der Waals surface area contributed by atoms with Gasteiger partial charge in [-0.15, -0.1) is 0 Å². The molecule has 18 nitrogen and oxygen atoms in total. The Hall–Kier alpha value is -5.80. The number of carbonyl (C=O) groups excluding carboxylic acids is 3. The van der Waals surface area contributed by atoms with Crippen LogP contribution in [0.3, 0.4) is 0 Å². The van der Waals surface area contributed by atoms with Crippen molar-refractivity contribution >= 4 is 37.5 Å². The first-order valence-electron chi connectivity index (χ1n) is 17.9. The summed E-state index contributed by atoms with van der Waals surface area (Å²) in [7, 11) is -4.30. The monoisotopic (exact) mass is 811 g/mol. The molecule has 3 aromatic rings. The molecule has 0 radical (unpaired) electrons. The molecular weight excluding hydrogens is 761 g/mol. The molecule has 0 bridgehead atoms. The molecule has 0 heterocycles. The number of aliphatic imine (C=N–C) groups is 1. The van der Waals surface area contributed by atoms with E-state index < -0.39 is 42.9 Å². The summed E-state index contributed by atoms with van der Waals surface area (Å²) in [5.41, 5.74) is 7.53. The Morgan fingerprint density at radius 3 is 1.68 bits per heavy atom. The van der Waals surface area contributed by atoms with E-state index in [2.05, 4.69) is 31.0 Å². The number of amides is 3. The molecular formula is C38H50N7O11P. The average Bonchev–Trinajstić information content (AvgIpc) is 3.12. The van der Waals surface area contributed by atoms with Crippen molar-refractivity contribution in [1.29, 1.82) is 0 Å². The van der Waals surface area contributed by atoms with Crippen molar-refractivity contribution in [2.24, 2.45) is 10.1 Å². The molecule has 0 aliphatic rings. The quantitative estimate of drug-likeness (QED) is 0.0163. The number of guanidine groups is 1. The second-order valence-corrected chi connectivity index (χ2v) is 16.0. The second kappa shape index (κ2) is 22.7. The van der Waals surface area contributed by atoms with Gasteiger partial charge in [0, 0.05) is 17.9 Å². The summed E-state index contributed by atoms with van der Waals surface area (Å²) in [5, 5.41) is 10.9. The van der Waals surface area contributed by atoms with Gasteiger partial charge in [-0.1, -0.05) is 53.6 Å². The highest BCUT2D eigenvalue weighted by Crippen LogP contribution is 2.53. The van der Waals surface area contributed by atoms with Crippen molar-refractivity contribution in [2.45, 2.75) is 64.9 Å². The van der Waals surface area contributed by atoms with Gasteiger partial charge in [0.2, 0.25) is 5.96 Å². The van der Waals surface area contributed by atoms with Crippen LogP contribution in [0.5, 0.6) is 11.5 Å². The first-order valence-corrected chi connectivity index (χ1v) is 19.5. The fraction of sp³-hybridized carbons (Fsp3) is 0.421. The number of benzene rings is 3. The SMILES string of the molecule is CC(C)(C)OC(=O)NC(=Nc1ccc(CC(NC(=O)OCCOCCOCCN=[N+]=[N-])P(=O)(Oc2ccccc2)Oc2ccccc2)cc1)NC(=O)OC(C)(C)C. The summed E-state index contributed by atoms with van der Waals surface area (Å²) >= 11 is 0. The number of rotatable bonds is 18. The van der Waals surface area contributed by atoms with Gasteiger partial charge in [0.05, 0.1) is 32.1 Å². The molecule has 0 saturated carbocycles. The molecule has 0 fully saturated rings. The largest absolute Gasteiger partial charge is 0.453 e. The summed E-state index contributed by atoms with van der Waals surface area (Å²) in [6.45, 7) is 10.9. The van der Waals surface area contributed by atoms with Crippen molar-refractivity contribution in [3.63, 3.8) is 0 Å². The van der Waals surface area contributed by atoms with Crippen LogP contribution < -0.4 is 25.0 Å². The van der Waals surface area contributed by atoms with Crippen LogP contribution in [0, 0.1) is 0 Å². The van der Waals surface area contributed by atoms with Crippen molar-refractivity contribution in [3.8, 4) is 11.5 Å². The molecule has 3 aromatic carbocycles. The summed E-state index contributed by atoms with van der Waals surface area (Å²) in [4.78, 5) is 45.3. The first-order chi connectivity index (χ1) is 27.0. The minimum atomic E-state index is -4.30. The molecule has 57 heavy (non-hydrogen) atoms. The smallest absolute Gasteiger partial charge is 0.447 e. The zero-order chi connectivity index (χ0) is 41.7. The van der Waals surface area contributed by atoms with Gasteiger partial charge in [0.25, 0.3) is 0 Å². The lowest BCUT2D eigenvalue weighted by Gasteiger charge is -2.28. The molecule has 3 N–H and O–H groups in total. The maximum absolute atomic E-state index is 14.8. The number of nitrogens with zero attached hydrogens (tertiary/aromatic N) is 4. The Balaban J connectivity index is 1.85. The minimum Gasteiger partial charge on any atom is -0.447 e. The van der Waals surface area contributed by atoms with Crippen molar-refractivity contribution in [2.75, 3.05) is 39.6 Å². The Morgan fingerprint density at radius 2 is 1.19 bits per heavy atom. The summed E-state index contributed by atoms with van der Waals surface area (Å²) in [5.74, 6) is -1.07. The Kier molecular flexibility index (Phi) is 18.1. The third kappa shape index (κ3) is 19.1. The molecule has 0 aromatic heterocycles. The van der Waals surface area contributed by atoms with E-state index in [0.29, 0.717) is 11.3 Å². The number of ether oxygens (including phenoxy) is 5. The molecule has 0 saturated heterocycles. The zero-order valence-corrected chi connectivity index (χ0v) is 33.7. The van der Waals surface area contributed by atoms with E-state index in [1.807, 2.05) is 0 Å². The second-order valence-electron chi connectivity index (χ2n) is 13.9. The van der Waals surface area contributed by atoms with E-state index in [9.17, 15) is 18.9 Å². The molecule has 0 spiro atoms. The number of hydrogen-bond donors (Lipinski definition) is 3. The maximum Gasteiger partial charge on any atom is 0.453 e. The molecule has 0 aliphatic heterocycles. The van der Waals surface area contributed by atoms with Crippen LogP contribution in [-0.4, -0.2) is 80.8 Å². The molecule has 308 valence electrons. The van der Waals surface area contributed by atoms with E-state index in [1.54, 1.807) is 126 Å². The van der Waals surface area contributed by atoms with E-state index in [-0.39, 0.29) is 63.5 Å². The summed E-state index contributed by atoms with van der Waals surface area (Å²) < 4.78 is 53.6. The highest BCUT2D eigenvalue weighted by molar-refractivity contribution is 7.55. The Labute approximate surface area is 331 Å². The number of nitrogens with one attached hydrogen (secondary N) is 3. The van der Waals surface area contributed by atoms with Gasteiger partial charge in [-0.3, -0.25) is 10.6 Å². The van der Waals surface area contributed by atoms with Crippen molar-refractivity contribution in [1.82, 2.24) is 16.0 Å². The lowest BCUT2D eigenvalue weighted by Crippen LogP contribution is -2.47. The van der Waals surface area contributed by atoms with E-state index in [0.717, 1.165) is 0 Å². The third-order valence-electron chi connectivity index (χ3n) is 6.69. The van der Waals surface area contributed by atoms with E-state index in [4.69, 9.17) is 38.3 Å². The molecule has 1 unspecified atom stereocenters. The summed E-state index contributed by atoms with van der Waals surface area (Å²) in [6, 6.07) is 23.2. The lowest BCUT2D eigenvalue weighted by molar-refractivity contribution is 0.0299. The normalized spacial score (nSPS) is 11.8. The number of alkyl carbamates (subject to hydrolysis) is 3. The Morgan fingerprint density at radius 1 is 0.702 bits per heavy atom.